The van der Waals surface area contributed by atoms with E-state index in [0.717, 1.165) is 11.3 Å². The third-order valence-electron chi connectivity index (χ3n) is 4.05. The van der Waals surface area contributed by atoms with Crippen LogP contribution in [-0.4, -0.2) is 38.0 Å². The Hall–Kier alpha value is -1.77. The van der Waals surface area contributed by atoms with Crippen LogP contribution < -0.4 is 5.32 Å². The molecule has 1 N–H and O–H groups in total. The second-order valence-corrected chi connectivity index (χ2v) is 9.77. The number of carbonyl (C=O) groups excluding carboxylic acids is 1. The first-order chi connectivity index (χ1) is 13.5. The van der Waals surface area contributed by atoms with E-state index in [9.17, 15) is 4.79 Å². The van der Waals surface area contributed by atoms with Gasteiger partial charge in [0.1, 0.15) is 5.60 Å². The molecule has 0 bridgehead atoms. The van der Waals surface area contributed by atoms with Crippen molar-refractivity contribution >= 4 is 46.8 Å². The van der Waals surface area contributed by atoms with E-state index in [-0.39, 0.29) is 5.92 Å². The highest BCUT2D eigenvalue weighted by atomic mass is 35.5. The van der Waals surface area contributed by atoms with E-state index in [1.165, 1.54) is 11.8 Å². The van der Waals surface area contributed by atoms with Crippen LogP contribution in [0.3, 0.4) is 0 Å². The first-order valence-corrected chi connectivity index (χ1v) is 10.9. The number of alkyl carbamates (subject to hydrolysis) is 1. The molecule has 2 aromatic rings. The molecule has 0 radical (unpaired) electrons. The molecule has 0 saturated carbocycles. The van der Waals surface area contributed by atoms with Crippen LogP contribution in [0.4, 0.5) is 4.79 Å². The second kappa shape index (κ2) is 8.53. The number of nitrogens with zero attached hydrogens (tertiary/aromatic N) is 4. The van der Waals surface area contributed by atoms with Crippen molar-refractivity contribution < 1.29 is 9.53 Å². The van der Waals surface area contributed by atoms with Crippen LogP contribution in [-0.2, 0) is 4.74 Å². The van der Waals surface area contributed by atoms with Gasteiger partial charge in [-0.15, -0.1) is 10.2 Å². The van der Waals surface area contributed by atoms with Gasteiger partial charge in [0, 0.05) is 16.3 Å². The molecule has 1 aromatic carbocycles. The molecule has 0 fully saturated rings. The number of nitrogens with one attached hydrogen (secondary N) is 1. The normalized spacial score (nSPS) is 15.0. The lowest BCUT2D eigenvalue weighted by Crippen LogP contribution is -2.38. The van der Waals surface area contributed by atoms with Crippen molar-refractivity contribution in [2.75, 3.05) is 5.75 Å². The number of carbonyl (C=O) groups is 1. The van der Waals surface area contributed by atoms with Gasteiger partial charge in [-0.2, -0.15) is 9.78 Å². The Kier molecular flexibility index (Phi) is 6.45. The highest BCUT2D eigenvalue weighted by Gasteiger charge is 2.30. The molecule has 3 rings (SSSR count). The maximum Gasteiger partial charge on any atom is 0.408 e. The summed E-state index contributed by atoms with van der Waals surface area (Å²) in [6.07, 6.45) is -0.512. The lowest BCUT2D eigenvalue weighted by molar-refractivity contribution is 0.0485. The maximum atomic E-state index is 12.3. The van der Waals surface area contributed by atoms with Gasteiger partial charge >= 0.3 is 6.09 Å². The molecule has 156 valence electrons. The summed E-state index contributed by atoms with van der Waals surface area (Å²) in [6, 6.07) is 4.89. The Bertz CT molecular complexity index is 953. The number of ether oxygens (including phenoxy) is 1. The van der Waals surface area contributed by atoms with Crippen molar-refractivity contribution in [3.05, 3.63) is 39.6 Å². The van der Waals surface area contributed by atoms with E-state index in [0.29, 0.717) is 26.8 Å². The van der Waals surface area contributed by atoms with E-state index in [4.69, 9.17) is 33.0 Å². The summed E-state index contributed by atoms with van der Waals surface area (Å²) in [6.45, 7) is 9.43. The van der Waals surface area contributed by atoms with Crippen LogP contribution in [0.5, 0.6) is 0 Å². The monoisotopic (exact) mass is 455 g/mol. The van der Waals surface area contributed by atoms with Gasteiger partial charge in [-0.1, -0.05) is 54.9 Å². The van der Waals surface area contributed by atoms with Gasteiger partial charge in [-0.25, -0.2) is 4.79 Å². The highest BCUT2D eigenvalue weighted by molar-refractivity contribution is 7.99. The minimum atomic E-state index is -0.595. The molecule has 2 heterocycles. The Balaban J connectivity index is 1.94. The summed E-state index contributed by atoms with van der Waals surface area (Å²) >= 11 is 13.9. The summed E-state index contributed by atoms with van der Waals surface area (Å²) in [5, 5.41) is 17.9. The topological polar surface area (TPSA) is 81.4 Å². The molecule has 1 unspecified atom stereocenters. The number of amides is 1. The van der Waals surface area contributed by atoms with Gasteiger partial charge in [-0.3, -0.25) is 0 Å². The Morgan fingerprint density at radius 3 is 2.62 bits per heavy atom. The number of aromatic nitrogens is 3. The molecule has 1 aromatic heterocycles. The molecule has 0 saturated heterocycles. The number of hydrogen-bond donors (Lipinski definition) is 1. The predicted octanol–water partition coefficient (Wildman–Crippen LogP) is 5.16. The quantitative estimate of drug-likeness (QED) is 0.687. The molecule has 0 aliphatic carbocycles. The summed E-state index contributed by atoms with van der Waals surface area (Å²) in [5.41, 5.74) is 0.989. The van der Waals surface area contributed by atoms with E-state index >= 15 is 0 Å². The number of fused-ring (bicyclic) bond motifs is 1. The summed E-state index contributed by atoms with van der Waals surface area (Å²) in [5.74, 6) is 1.18. The number of halogens is 2. The van der Waals surface area contributed by atoms with Crippen LogP contribution in [0.2, 0.25) is 10.0 Å². The van der Waals surface area contributed by atoms with E-state index < -0.39 is 17.7 Å². The minimum Gasteiger partial charge on any atom is -0.444 e. The van der Waals surface area contributed by atoms with Crippen molar-refractivity contribution in [3.8, 4) is 0 Å². The minimum absolute atomic E-state index is 0.0421. The second-order valence-electron chi connectivity index (χ2n) is 7.98. The number of benzene rings is 1. The van der Waals surface area contributed by atoms with Gasteiger partial charge in [0.2, 0.25) is 5.16 Å². The SMILES string of the molecule is CC(C)C(NC(=O)OC(C)(C)C)c1nnc2n1N=C(c1ccc(Cl)cc1Cl)CS2. The molecule has 1 aliphatic heterocycles. The third kappa shape index (κ3) is 5.24. The van der Waals surface area contributed by atoms with Gasteiger partial charge in [0.15, 0.2) is 5.82 Å². The zero-order valence-electron chi connectivity index (χ0n) is 16.9. The first kappa shape index (κ1) is 21.9. The predicted molar refractivity (Wildman–Crippen MR) is 116 cm³/mol. The fourth-order valence-corrected chi connectivity index (χ4v) is 4.11. The van der Waals surface area contributed by atoms with Crippen LogP contribution in [0.1, 0.15) is 52.0 Å². The molecule has 7 nitrogen and oxygen atoms in total. The number of thioether (sulfide) groups is 1. The number of hydrogen-bond acceptors (Lipinski definition) is 6. The van der Waals surface area contributed by atoms with Crippen molar-refractivity contribution in [2.24, 2.45) is 11.0 Å². The van der Waals surface area contributed by atoms with E-state index in [1.807, 2.05) is 40.7 Å². The zero-order chi connectivity index (χ0) is 21.3. The summed E-state index contributed by atoms with van der Waals surface area (Å²) in [4.78, 5) is 12.3. The molecule has 0 spiro atoms. The Morgan fingerprint density at radius 1 is 1.28 bits per heavy atom. The van der Waals surface area contributed by atoms with Gasteiger partial charge < -0.3 is 10.1 Å². The van der Waals surface area contributed by atoms with Gasteiger partial charge in [-0.05, 0) is 38.8 Å². The van der Waals surface area contributed by atoms with E-state index in [1.54, 1.807) is 16.8 Å². The largest absolute Gasteiger partial charge is 0.444 e. The Morgan fingerprint density at radius 2 is 2.00 bits per heavy atom. The van der Waals surface area contributed by atoms with Gasteiger partial charge in [0.05, 0.1) is 16.8 Å². The zero-order valence-corrected chi connectivity index (χ0v) is 19.2. The van der Waals surface area contributed by atoms with Crippen LogP contribution >= 0.6 is 35.0 Å². The molecule has 1 aliphatic rings. The molecular formula is C19H23Cl2N5O2S. The average Bonchev–Trinajstić information content (AvgIpc) is 3.00. The maximum absolute atomic E-state index is 12.3. The van der Waals surface area contributed by atoms with Crippen molar-refractivity contribution in [3.63, 3.8) is 0 Å². The fraction of sp³-hybridized carbons (Fsp3) is 0.474. The van der Waals surface area contributed by atoms with Crippen LogP contribution in [0.25, 0.3) is 0 Å². The smallest absolute Gasteiger partial charge is 0.408 e. The Labute approximate surface area is 184 Å². The fourth-order valence-electron chi connectivity index (χ4n) is 2.76. The lowest BCUT2D eigenvalue weighted by atomic mass is 10.0. The standard InChI is InChI=1S/C19H23Cl2N5O2S/c1-10(2)15(22-18(27)28-19(3,4)5)16-23-24-17-26(16)25-14(9-29-17)12-7-6-11(20)8-13(12)21/h6-8,10,15H,9H2,1-5H3,(H,22,27). The van der Waals surface area contributed by atoms with Crippen molar-refractivity contribution in [1.82, 2.24) is 20.2 Å². The highest BCUT2D eigenvalue weighted by Crippen LogP contribution is 2.31. The molecular weight excluding hydrogens is 433 g/mol. The summed E-state index contributed by atoms with van der Waals surface area (Å²) in [7, 11) is 0. The van der Waals surface area contributed by atoms with E-state index in [2.05, 4.69) is 15.5 Å². The number of rotatable bonds is 4. The first-order valence-electron chi connectivity index (χ1n) is 9.16. The third-order valence-corrected chi connectivity index (χ3v) is 5.53. The average molecular weight is 456 g/mol. The van der Waals surface area contributed by atoms with Crippen molar-refractivity contribution in [1.29, 1.82) is 0 Å². The summed E-state index contributed by atoms with van der Waals surface area (Å²) < 4.78 is 7.06. The van der Waals surface area contributed by atoms with Crippen LogP contribution in [0.15, 0.2) is 28.5 Å². The molecule has 1 atom stereocenters. The molecule has 1 amide bonds. The molecule has 10 heteroatoms. The van der Waals surface area contributed by atoms with Gasteiger partial charge in [0.25, 0.3) is 0 Å². The van der Waals surface area contributed by atoms with Crippen molar-refractivity contribution in [2.45, 2.75) is 51.4 Å². The van der Waals surface area contributed by atoms with Crippen LogP contribution in [0, 0.1) is 5.92 Å². The lowest BCUT2D eigenvalue weighted by Gasteiger charge is -2.25. The molecule has 29 heavy (non-hydrogen) atoms.